The van der Waals surface area contributed by atoms with E-state index in [0.717, 1.165) is 44.9 Å². The second-order valence-corrected chi connectivity index (χ2v) is 8.55. The molecule has 2 nitrogen and oxygen atoms in total. The quantitative estimate of drug-likeness (QED) is 0.532. The van der Waals surface area contributed by atoms with Crippen LogP contribution >= 0.6 is 0 Å². The predicted molar refractivity (Wildman–Crippen MR) is 86.9 cm³/mol. The molecule has 7 atom stereocenters. The van der Waals surface area contributed by atoms with E-state index < -0.39 is 11.2 Å². The molecule has 120 valence electrons. The Labute approximate surface area is 134 Å². The van der Waals surface area contributed by atoms with Gasteiger partial charge in [-0.3, -0.25) is 0 Å². The maximum atomic E-state index is 11.0. The largest absolute Gasteiger partial charge is 0.385 e. The van der Waals surface area contributed by atoms with Gasteiger partial charge in [0.2, 0.25) is 0 Å². The molecule has 0 spiro atoms. The lowest BCUT2D eigenvalue weighted by Crippen LogP contribution is -2.55. The Morgan fingerprint density at radius 2 is 1.86 bits per heavy atom. The van der Waals surface area contributed by atoms with Gasteiger partial charge in [0.25, 0.3) is 0 Å². The summed E-state index contributed by atoms with van der Waals surface area (Å²) in [6.07, 6.45) is 18.4. The highest BCUT2D eigenvalue weighted by Crippen LogP contribution is 2.64. The standard InChI is InChI=1S/C20H28O2/c1-3-20(22)13-9-16-14-8-12-19(21)10-5-4-6-17(19)15(14)7-11-18(16,20)2/h1,8,12,14-17,21-22H,4-7,9-11,13H2,2H3/t14-,15+,16+,17-,18+,19+,20?/m1/s1. The van der Waals surface area contributed by atoms with Crippen molar-refractivity contribution in [3.05, 3.63) is 12.2 Å². The predicted octanol–water partition coefficient (Wildman–Crippen LogP) is 3.28. The van der Waals surface area contributed by atoms with Crippen LogP contribution in [0, 0.1) is 41.4 Å². The van der Waals surface area contributed by atoms with Gasteiger partial charge in [-0.05, 0) is 62.2 Å². The van der Waals surface area contributed by atoms with Crippen LogP contribution in [0.15, 0.2) is 12.2 Å². The Balaban J connectivity index is 1.70. The Morgan fingerprint density at radius 1 is 1.05 bits per heavy atom. The van der Waals surface area contributed by atoms with Crippen LogP contribution in [-0.2, 0) is 0 Å². The summed E-state index contributed by atoms with van der Waals surface area (Å²) in [7, 11) is 0. The number of rotatable bonds is 0. The molecule has 3 fully saturated rings. The molecule has 0 heterocycles. The van der Waals surface area contributed by atoms with Crippen LogP contribution in [0.2, 0.25) is 0 Å². The Bertz CT molecular complexity index is 546. The lowest BCUT2D eigenvalue weighted by atomic mass is 9.50. The zero-order valence-corrected chi connectivity index (χ0v) is 13.6. The molecule has 0 aromatic rings. The fraction of sp³-hybridized carbons (Fsp3) is 0.800. The first kappa shape index (κ1) is 14.8. The molecule has 0 aromatic heterocycles. The monoisotopic (exact) mass is 300 g/mol. The van der Waals surface area contributed by atoms with Crippen molar-refractivity contribution >= 4 is 0 Å². The first-order chi connectivity index (χ1) is 10.4. The van der Waals surface area contributed by atoms with E-state index in [1.54, 1.807) is 0 Å². The summed E-state index contributed by atoms with van der Waals surface area (Å²) in [5.41, 5.74) is -1.65. The normalized spacial score (nSPS) is 56.6. The molecule has 2 N–H and O–H groups in total. The smallest absolute Gasteiger partial charge is 0.130 e. The molecular weight excluding hydrogens is 272 g/mol. The molecule has 3 saturated carbocycles. The molecule has 0 amide bonds. The summed E-state index contributed by atoms with van der Waals surface area (Å²) in [5.74, 6) is 4.67. The van der Waals surface area contributed by atoms with Crippen LogP contribution in [0.5, 0.6) is 0 Å². The van der Waals surface area contributed by atoms with Gasteiger partial charge >= 0.3 is 0 Å². The number of terminal acetylenes is 1. The van der Waals surface area contributed by atoms with E-state index in [1.807, 2.05) is 0 Å². The third kappa shape index (κ3) is 1.70. The van der Waals surface area contributed by atoms with E-state index in [0.29, 0.717) is 23.7 Å². The molecule has 0 radical (unpaired) electrons. The van der Waals surface area contributed by atoms with Crippen LogP contribution in [0.1, 0.15) is 58.3 Å². The molecule has 0 aliphatic heterocycles. The minimum absolute atomic E-state index is 0.155. The summed E-state index contributed by atoms with van der Waals surface area (Å²) in [4.78, 5) is 0. The SMILES string of the molecule is C#CC1(O)CC[C@H]2[C@@H]3C=C[C@@]4(O)CCCC[C@@H]4[C@H]3CC[C@@]21C. The van der Waals surface area contributed by atoms with Crippen LogP contribution < -0.4 is 0 Å². The van der Waals surface area contributed by atoms with Crippen molar-refractivity contribution in [1.29, 1.82) is 0 Å². The Kier molecular flexibility index (Phi) is 3.10. The van der Waals surface area contributed by atoms with Gasteiger partial charge in [-0.2, -0.15) is 0 Å². The molecule has 4 aliphatic carbocycles. The van der Waals surface area contributed by atoms with Gasteiger partial charge in [0.1, 0.15) is 5.60 Å². The van der Waals surface area contributed by atoms with Crippen molar-refractivity contribution in [3.63, 3.8) is 0 Å². The molecule has 2 heteroatoms. The van der Waals surface area contributed by atoms with Crippen LogP contribution in [-0.4, -0.2) is 21.4 Å². The molecule has 22 heavy (non-hydrogen) atoms. The highest BCUT2D eigenvalue weighted by Gasteiger charge is 2.62. The number of allylic oxidation sites excluding steroid dienone is 1. The molecule has 0 aromatic carbocycles. The fourth-order valence-corrected chi connectivity index (χ4v) is 6.50. The third-order valence-corrected chi connectivity index (χ3v) is 7.88. The van der Waals surface area contributed by atoms with E-state index in [9.17, 15) is 10.2 Å². The minimum atomic E-state index is -0.934. The van der Waals surface area contributed by atoms with Crippen molar-refractivity contribution in [1.82, 2.24) is 0 Å². The van der Waals surface area contributed by atoms with Crippen LogP contribution in [0.4, 0.5) is 0 Å². The topological polar surface area (TPSA) is 40.5 Å². The summed E-state index contributed by atoms with van der Waals surface area (Å²) >= 11 is 0. The summed E-state index contributed by atoms with van der Waals surface area (Å²) < 4.78 is 0. The number of fused-ring (bicyclic) bond motifs is 5. The average Bonchev–Trinajstić information content (AvgIpc) is 2.79. The van der Waals surface area contributed by atoms with Gasteiger partial charge in [0.05, 0.1) is 5.60 Å². The molecule has 0 saturated heterocycles. The van der Waals surface area contributed by atoms with Gasteiger partial charge in [-0.25, -0.2) is 0 Å². The first-order valence-electron chi connectivity index (χ1n) is 9.05. The lowest BCUT2D eigenvalue weighted by molar-refractivity contribution is -0.110. The second kappa shape index (κ2) is 4.62. The van der Waals surface area contributed by atoms with Crippen molar-refractivity contribution in [2.24, 2.45) is 29.1 Å². The zero-order chi connectivity index (χ0) is 15.6. The van der Waals surface area contributed by atoms with Gasteiger partial charge in [0, 0.05) is 5.41 Å². The number of aliphatic hydroxyl groups is 2. The van der Waals surface area contributed by atoms with Gasteiger partial charge in [0.15, 0.2) is 0 Å². The summed E-state index contributed by atoms with van der Waals surface area (Å²) in [6.45, 7) is 2.20. The van der Waals surface area contributed by atoms with Crippen molar-refractivity contribution in [2.45, 2.75) is 69.5 Å². The highest BCUT2D eigenvalue weighted by molar-refractivity contribution is 5.26. The molecule has 4 aliphatic rings. The third-order valence-electron chi connectivity index (χ3n) is 7.88. The van der Waals surface area contributed by atoms with Crippen molar-refractivity contribution in [2.75, 3.05) is 0 Å². The van der Waals surface area contributed by atoms with Gasteiger partial charge < -0.3 is 10.2 Å². The maximum Gasteiger partial charge on any atom is 0.130 e. The Hall–Kier alpha value is -0.780. The van der Waals surface area contributed by atoms with Crippen LogP contribution in [0.3, 0.4) is 0 Å². The summed E-state index contributed by atoms with van der Waals surface area (Å²) in [5, 5.41) is 21.9. The average molecular weight is 300 g/mol. The van der Waals surface area contributed by atoms with E-state index in [4.69, 9.17) is 6.42 Å². The van der Waals surface area contributed by atoms with Crippen molar-refractivity contribution < 1.29 is 10.2 Å². The fourth-order valence-electron chi connectivity index (χ4n) is 6.50. The number of hydrogen-bond acceptors (Lipinski definition) is 2. The zero-order valence-electron chi connectivity index (χ0n) is 13.6. The van der Waals surface area contributed by atoms with Crippen LogP contribution in [0.25, 0.3) is 0 Å². The molecule has 0 bridgehead atoms. The maximum absolute atomic E-state index is 11.0. The lowest BCUT2D eigenvalue weighted by Gasteiger charge is -2.56. The van der Waals surface area contributed by atoms with Crippen molar-refractivity contribution in [3.8, 4) is 12.3 Å². The van der Waals surface area contributed by atoms with Gasteiger partial charge in [-0.1, -0.05) is 37.8 Å². The van der Waals surface area contributed by atoms with E-state index in [-0.39, 0.29) is 5.41 Å². The number of hydrogen-bond donors (Lipinski definition) is 2. The minimum Gasteiger partial charge on any atom is -0.385 e. The molecule has 4 rings (SSSR count). The van der Waals surface area contributed by atoms with Gasteiger partial charge in [-0.15, -0.1) is 6.42 Å². The Morgan fingerprint density at radius 3 is 2.64 bits per heavy atom. The van der Waals surface area contributed by atoms with E-state index in [1.165, 1.54) is 6.42 Å². The van der Waals surface area contributed by atoms with E-state index >= 15 is 0 Å². The second-order valence-electron chi connectivity index (χ2n) is 8.55. The van der Waals surface area contributed by atoms with E-state index in [2.05, 4.69) is 25.0 Å². The highest BCUT2D eigenvalue weighted by atomic mass is 16.3. The molecule has 1 unspecified atom stereocenters. The first-order valence-corrected chi connectivity index (χ1v) is 9.05. The molecular formula is C20H28O2. The summed E-state index contributed by atoms with van der Waals surface area (Å²) in [6, 6.07) is 0.